The topological polar surface area (TPSA) is 54.0 Å². The van der Waals surface area contributed by atoms with E-state index < -0.39 is 0 Å². The Morgan fingerprint density at radius 1 is 0.962 bits per heavy atom. The first-order valence-electron chi connectivity index (χ1n) is 8.32. The lowest BCUT2D eigenvalue weighted by atomic mass is 10.1. The van der Waals surface area contributed by atoms with Crippen molar-refractivity contribution in [3.8, 4) is 0 Å². The van der Waals surface area contributed by atoms with E-state index in [-0.39, 0.29) is 11.7 Å². The van der Waals surface area contributed by atoms with Gasteiger partial charge in [-0.2, -0.15) is 0 Å². The van der Waals surface area contributed by atoms with Gasteiger partial charge in [0.1, 0.15) is 5.82 Å². The largest absolute Gasteiger partial charge is 0.380 e. The standard InChI is InChI=1S/C21H20FN3O/c1-14-7-15(2)9-19(8-14)25-21(26)17-10-20(13-23-12-17)24-11-16-3-5-18(22)6-4-16/h3-10,12-13,24H,11H2,1-2H3,(H,25,26). The molecule has 0 aliphatic carbocycles. The highest BCUT2D eigenvalue weighted by molar-refractivity contribution is 6.04. The number of aromatic nitrogens is 1. The highest BCUT2D eigenvalue weighted by Gasteiger charge is 2.08. The molecule has 26 heavy (non-hydrogen) atoms. The molecule has 3 aromatic rings. The number of halogens is 1. The van der Waals surface area contributed by atoms with Crippen molar-refractivity contribution in [3.63, 3.8) is 0 Å². The third-order valence-electron chi connectivity index (χ3n) is 3.89. The highest BCUT2D eigenvalue weighted by atomic mass is 19.1. The zero-order valence-corrected chi connectivity index (χ0v) is 14.7. The van der Waals surface area contributed by atoms with Crippen LogP contribution >= 0.6 is 0 Å². The van der Waals surface area contributed by atoms with Crippen molar-refractivity contribution in [3.05, 3.63) is 89.0 Å². The number of nitrogens with one attached hydrogen (secondary N) is 2. The number of anilines is 2. The van der Waals surface area contributed by atoms with Crippen molar-refractivity contribution >= 4 is 17.3 Å². The Morgan fingerprint density at radius 3 is 2.35 bits per heavy atom. The van der Waals surface area contributed by atoms with E-state index in [9.17, 15) is 9.18 Å². The van der Waals surface area contributed by atoms with Gasteiger partial charge in [-0.25, -0.2) is 4.39 Å². The second kappa shape index (κ2) is 7.78. The molecule has 2 N–H and O–H groups in total. The van der Waals surface area contributed by atoms with Gasteiger partial charge in [-0.05, 0) is 60.9 Å². The monoisotopic (exact) mass is 349 g/mol. The molecule has 132 valence electrons. The van der Waals surface area contributed by atoms with Crippen LogP contribution in [-0.2, 0) is 6.54 Å². The quantitative estimate of drug-likeness (QED) is 0.702. The highest BCUT2D eigenvalue weighted by Crippen LogP contribution is 2.16. The van der Waals surface area contributed by atoms with Crippen molar-refractivity contribution in [1.82, 2.24) is 4.98 Å². The lowest BCUT2D eigenvalue weighted by Gasteiger charge is -2.10. The first-order chi connectivity index (χ1) is 12.5. The van der Waals surface area contributed by atoms with Crippen molar-refractivity contribution in [1.29, 1.82) is 0 Å². The second-order valence-corrected chi connectivity index (χ2v) is 6.27. The van der Waals surface area contributed by atoms with Crippen molar-refractivity contribution in [2.24, 2.45) is 0 Å². The first-order valence-corrected chi connectivity index (χ1v) is 8.32. The van der Waals surface area contributed by atoms with E-state index in [0.29, 0.717) is 12.1 Å². The van der Waals surface area contributed by atoms with Crippen LogP contribution in [0.15, 0.2) is 60.9 Å². The van der Waals surface area contributed by atoms with Crippen LogP contribution in [0.1, 0.15) is 27.0 Å². The molecule has 0 saturated carbocycles. The van der Waals surface area contributed by atoms with Crippen molar-refractivity contribution in [2.75, 3.05) is 10.6 Å². The molecule has 0 radical (unpaired) electrons. The zero-order valence-electron chi connectivity index (χ0n) is 14.7. The van der Waals surface area contributed by atoms with Crippen molar-refractivity contribution in [2.45, 2.75) is 20.4 Å². The number of hydrogen-bond donors (Lipinski definition) is 2. The summed E-state index contributed by atoms with van der Waals surface area (Å²) in [5.41, 5.74) is 5.07. The molecule has 0 saturated heterocycles. The van der Waals surface area contributed by atoms with Crippen LogP contribution in [0, 0.1) is 19.7 Å². The fraction of sp³-hybridized carbons (Fsp3) is 0.143. The Kier molecular flexibility index (Phi) is 5.27. The van der Waals surface area contributed by atoms with E-state index in [1.807, 2.05) is 26.0 Å². The van der Waals surface area contributed by atoms with Gasteiger partial charge in [0, 0.05) is 24.6 Å². The minimum absolute atomic E-state index is 0.215. The fourth-order valence-electron chi connectivity index (χ4n) is 2.72. The molecule has 0 aliphatic heterocycles. The smallest absolute Gasteiger partial charge is 0.257 e. The van der Waals surface area contributed by atoms with Gasteiger partial charge in [0.05, 0.1) is 11.3 Å². The van der Waals surface area contributed by atoms with E-state index in [1.165, 1.54) is 18.3 Å². The number of hydrogen-bond acceptors (Lipinski definition) is 3. The number of nitrogens with zero attached hydrogens (tertiary/aromatic N) is 1. The molecule has 0 bridgehead atoms. The Morgan fingerprint density at radius 2 is 1.65 bits per heavy atom. The molecule has 0 atom stereocenters. The van der Waals surface area contributed by atoms with Crippen LogP contribution in [0.5, 0.6) is 0 Å². The molecule has 1 heterocycles. The average Bonchev–Trinajstić information content (AvgIpc) is 2.60. The van der Waals surface area contributed by atoms with E-state index in [0.717, 1.165) is 28.1 Å². The Labute approximate surface area is 152 Å². The van der Waals surface area contributed by atoms with E-state index >= 15 is 0 Å². The third-order valence-corrected chi connectivity index (χ3v) is 3.89. The van der Waals surface area contributed by atoms with Gasteiger partial charge in [-0.1, -0.05) is 18.2 Å². The Bertz CT molecular complexity index is 903. The minimum atomic E-state index is -0.263. The molecule has 0 fully saturated rings. The predicted molar refractivity (Wildman–Crippen MR) is 102 cm³/mol. The third kappa shape index (κ3) is 4.66. The summed E-state index contributed by atoms with van der Waals surface area (Å²) in [7, 11) is 0. The number of amides is 1. The minimum Gasteiger partial charge on any atom is -0.380 e. The summed E-state index contributed by atoms with van der Waals surface area (Å²) < 4.78 is 12.9. The van der Waals surface area contributed by atoms with E-state index in [1.54, 1.807) is 24.4 Å². The number of aryl methyl sites for hydroxylation is 2. The molecule has 1 amide bonds. The lowest BCUT2D eigenvalue weighted by molar-refractivity contribution is 0.102. The maximum absolute atomic E-state index is 12.9. The van der Waals surface area contributed by atoms with Gasteiger partial charge in [-0.15, -0.1) is 0 Å². The summed E-state index contributed by atoms with van der Waals surface area (Å²) in [6, 6.07) is 13.9. The number of benzene rings is 2. The van der Waals surface area contributed by atoms with Crippen LogP contribution in [0.3, 0.4) is 0 Å². The molecule has 0 unspecified atom stereocenters. The second-order valence-electron chi connectivity index (χ2n) is 6.27. The first kappa shape index (κ1) is 17.6. The van der Waals surface area contributed by atoms with E-state index in [2.05, 4.69) is 21.7 Å². The zero-order chi connectivity index (χ0) is 18.5. The van der Waals surface area contributed by atoms with Gasteiger partial charge < -0.3 is 10.6 Å². The van der Waals surface area contributed by atoms with Crippen LogP contribution < -0.4 is 10.6 Å². The molecule has 2 aromatic carbocycles. The van der Waals surface area contributed by atoms with Gasteiger partial charge in [-0.3, -0.25) is 9.78 Å². The molecule has 1 aromatic heterocycles. The average molecular weight is 349 g/mol. The number of rotatable bonds is 5. The summed E-state index contributed by atoms with van der Waals surface area (Å²) in [6.45, 7) is 4.50. The van der Waals surface area contributed by atoms with Gasteiger partial charge >= 0.3 is 0 Å². The maximum atomic E-state index is 12.9. The summed E-state index contributed by atoms with van der Waals surface area (Å²) in [5, 5.41) is 6.09. The Balaban J connectivity index is 1.67. The van der Waals surface area contributed by atoms with Crippen molar-refractivity contribution < 1.29 is 9.18 Å². The Hall–Kier alpha value is -3.21. The van der Waals surface area contributed by atoms with Crippen LogP contribution in [-0.4, -0.2) is 10.9 Å². The SMILES string of the molecule is Cc1cc(C)cc(NC(=O)c2cncc(NCc3ccc(F)cc3)c2)c1. The summed E-state index contributed by atoms with van der Waals surface area (Å²) >= 11 is 0. The summed E-state index contributed by atoms with van der Waals surface area (Å²) in [5.74, 6) is -0.478. The molecule has 5 heteroatoms. The molecule has 0 aliphatic rings. The number of carbonyl (C=O) groups is 1. The number of carbonyl (C=O) groups excluding carboxylic acids is 1. The molecule has 0 spiro atoms. The van der Waals surface area contributed by atoms with Crippen LogP contribution in [0.25, 0.3) is 0 Å². The normalized spacial score (nSPS) is 10.4. The molecule has 3 rings (SSSR count). The van der Waals surface area contributed by atoms with Gasteiger partial charge in [0.2, 0.25) is 0 Å². The van der Waals surface area contributed by atoms with Gasteiger partial charge in [0.25, 0.3) is 5.91 Å². The molecular formula is C21H20FN3O. The predicted octanol–water partition coefficient (Wildman–Crippen LogP) is 4.70. The van der Waals surface area contributed by atoms with Crippen LogP contribution in [0.4, 0.5) is 15.8 Å². The lowest BCUT2D eigenvalue weighted by Crippen LogP contribution is -2.13. The number of pyridine rings is 1. The molecular weight excluding hydrogens is 329 g/mol. The van der Waals surface area contributed by atoms with E-state index in [4.69, 9.17) is 0 Å². The van der Waals surface area contributed by atoms with Crippen LogP contribution in [0.2, 0.25) is 0 Å². The maximum Gasteiger partial charge on any atom is 0.257 e. The fourth-order valence-corrected chi connectivity index (χ4v) is 2.72. The van der Waals surface area contributed by atoms with Gasteiger partial charge in [0.15, 0.2) is 0 Å². The molecule has 4 nitrogen and oxygen atoms in total. The summed E-state index contributed by atoms with van der Waals surface area (Å²) in [4.78, 5) is 16.6. The summed E-state index contributed by atoms with van der Waals surface area (Å²) in [6.07, 6.45) is 3.18.